The molecule has 0 aliphatic rings. The molecule has 3 aromatic rings. The van der Waals surface area contributed by atoms with Crippen molar-refractivity contribution in [1.29, 1.82) is 5.26 Å². The van der Waals surface area contributed by atoms with Crippen LogP contribution in [-0.4, -0.2) is 11.6 Å². The third kappa shape index (κ3) is 2.81. The number of hydrogen-bond donors (Lipinski definition) is 1. The molecule has 104 valence electrons. The van der Waals surface area contributed by atoms with E-state index in [1.165, 1.54) is 22.0 Å². The molecule has 1 aromatic heterocycles. The molecule has 1 N–H and O–H groups in total. The predicted octanol–water partition coefficient (Wildman–Crippen LogP) is 3.28. The third-order valence-electron chi connectivity index (χ3n) is 3.66. The molecule has 0 unspecified atom stereocenters. The molecule has 0 aliphatic carbocycles. The molecule has 0 saturated carbocycles. The summed E-state index contributed by atoms with van der Waals surface area (Å²) in [6.07, 6.45) is 2.12. The van der Waals surface area contributed by atoms with Crippen molar-refractivity contribution in [2.75, 3.05) is 7.05 Å². The third-order valence-corrected chi connectivity index (χ3v) is 3.66. The lowest BCUT2D eigenvalue weighted by Gasteiger charge is -2.07. The summed E-state index contributed by atoms with van der Waals surface area (Å²) in [6, 6.07) is 18.6. The molecule has 3 heteroatoms. The topological polar surface area (TPSA) is 40.8 Å². The molecule has 1 heterocycles. The zero-order valence-electron chi connectivity index (χ0n) is 12.0. The zero-order chi connectivity index (χ0) is 14.7. The fourth-order valence-electron chi connectivity index (χ4n) is 2.56. The molecule has 3 nitrogen and oxygen atoms in total. The summed E-state index contributed by atoms with van der Waals surface area (Å²) in [6.45, 7) is 1.69. The molecule has 0 saturated heterocycles. The first-order valence-electron chi connectivity index (χ1n) is 7.01. The first-order valence-corrected chi connectivity index (χ1v) is 7.01. The van der Waals surface area contributed by atoms with Crippen LogP contribution in [0.25, 0.3) is 10.9 Å². The van der Waals surface area contributed by atoms with E-state index in [-0.39, 0.29) is 0 Å². The van der Waals surface area contributed by atoms with Gasteiger partial charge in [0.15, 0.2) is 0 Å². The van der Waals surface area contributed by atoms with Gasteiger partial charge in [-0.25, -0.2) is 0 Å². The molecule has 3 rings (SSSR count). The first kappa shape index (κ1) is 13.4. The van der Waals surface area contributed by atoms with Crippen LogP contribution in [0, 0.1) is 11.3 Å². The molecular weight excluding hydrogens is 258 g/mol. The van der Waals surface area contributed by atoms with Crippen LogP contribution in [0.3, 0.4) is 0 Å². The summed E-state index contributed by atoms with van der Waals surface area (Å²) < 4.78 is 2.25. The molecular formula is C18H17N3. The number of nitrogens with zero attached hydrogens (tertiary/aromatic N) is 2. The second-order valence-electron chi connectivity index (χ2n) is 5.18. The van der Waals surface area contributed by atoms with Crippen LogP contribution in [0.4, 0.5) is 0 Å². The number of benzene rings is 2. The standard InChI is InChI=1S/C18H17N3/c1-20-12-16-6-7-17-8-9-21(18(17)10-16)13-15-4-2-14(11-19)3-5-15/h2-10,20H,12-13H2,1H3. The fourth-order valence-corrected chi connectivity index (χ4v) is 2.56. The number of aromatic nitrogens is 1. The van der Waals surface area contributed by atoms with Gasteiger partial charge in [-0.1, -0.05) is 24.3 Å². The molecule has 0 bridgehead atoms. The van der Waals surface area contributed by atoms with E-state index in [0.717, 1.165) is 13.1 Å². The highest BCUT2D eigenvalue weighted by atomic mass is 14.9. The van der Waals surface area contributed by atoms with Crippen LogP contribution in [-0.2, 0) is 13.1 Å². The molecule has 0 atom stereocenters. The van der Waals surface area contributed by atoms with Gasteiger partial charge < -0.3 is 9.88 Å². The second-order valence-corrected chi connectivity index (χ2v) is 5.18. The number of nitrogens with one attached hydrogen (secondary N) is 1. The highest BCUT2D eigenvalue weighted by Crippen LogP contribution is 2.19. The number of fused-ring (bicyclic) bond motifs is 1. The lowest BCUT2D eigenvalue weighted by Crippen LogP contribution is -2.05. The zero-order valence-corrected chi connectivity index (χ0v) is 12.0. The molecule has 0 fully saturated rings. The van der Waals surface area contributed by atoms with Crippen molar-refractivity contribution >= 4 is 10.9 Å². The Morgan fingerprint density at radius 3 is 2.52 bits per heavy atom. The monoisotopic (exact) mass is 275 g/mol. The van der Waals surface area contributed by atoms with Crippen molar-refractivity contribution in [1.82, 2.24) is 9.88 Å². The number of rotatable bonds is 4. The van der Waals surface area contributed by atoms with Gasteiger partial charge in [0.1, 0.15) is 0 Å². The highest BCUT2D eigenvalue weighted by Gasteiger charge is 2.03. The van der Waals surface area contributed by atoms with E-state index in [9.17, 15) is 0 Å². The quantitative estimate of drug-likeness (QED) is 0.794. The van der Waals surface area contributed by atoms with E-state index in [0.29, 0.717) is 5.56 Å². The molecule has 0 radical (unpaired) electrons. The SMILES string of the molecule is CNCc1ccc2ccn(Cc3ccc(C#N)cc3)c2c1. The lowest BCUT2D eigenvalue weighted by atomic mass is 10.1. The maximum atomic E-state index is 8.85. The van der Waals surface area contributed by atoms with Crippen LogP contribution < -0.4 is 5.32 Å². The highest BCUT2D eigenvalue weighted by molar-refractivity contribution is 5.81. The van der Waals surface area contributed by atoms with Crippen molar-refractivity contribution in [2.45, 2.75) is 13.1 Å². The normalized spacial score (nSPS) is 10.7. The lowest BCUT2D eigenvalue weighted by molar-refractivity contribution is 0.812. The van der Waals surface area contributed by atoms with Crippen LogP contribution in [0.1, 0.15) is 16.7 Å². The smallest absolute Gasteiger partial charge is 0.0991 e. The summed E-state index contributed by atoms with van der Waals surface area (Å²) in [7, 11) is 1.96. The fraction of sp³-hybridized carbons (Fsp3) is 0.167. The summed E-state index contributed by atoms with van der Waals surface area (Å²) >= 11 is 0. The molecule has 21 heavy (non-hydrogen) atoms. The van der Waals surface area contributed by atoms with Crippen molar-refractivity contribution in [2.24, 2.45) is 0 Å². The molecule has 0 aliphatic heterocycles. The Kier molecular flexibility index (Phi) is 3.72. The van der Waals surface area contributed by atoms with Gasteiger partial charge in [-0.15, -0.1) is 0 Å². The van der Waals surface area contributed by atoms with Crippen LogP contribution in [0.2, 0.25) is 0 Å². The first-order chi connectivity index (χ1) is 10.3. The summed E-state index contributed by atoms with van der Waals surface area (Å²) in [5, 5.41) is 13.3. The maximum Gasteiger partial charge on any atom is 0.0991 e. The van der Waals surface area contributed by atoms with E-state index in [1.807, 2.05) is 31.3 Å². The number of hydrogen-bond acceptors (Lipinski definition) is 2. The van der Waals surface area contributed by atoms with E-state index in [1.54, 1.807) is 0 Å². The summed E-state index contributed by atoms with van der Waals surface area (Å²) in [5.41, 5.74) is 4.43. The Hall–Kier alpha value is -2.57. The number of nitriles is 1. The Morgan fingerprint density at radius 2 is 1.81 bits per heavy atom. The average molecular weight is 275 g/mol. The Morgan fingerprint density at radius 1 is 1.05 bits per heavy atom. The summed E-state index contributed by atoms with van der Waals surface area (Å²) in [4.78, 5) is 0. The largest absolute Gasteiger partial charge is 0.343 e. The Labute approximate surface area is 124 Å². The molecule has 2 aromatic carbocycles. The minimum atomic E-state index is 0.701. The maximum absolute atomic E-state index is 8.85. The molecule has 0 spiro atoms. The van der Waals surface area contributed by atoms with Crippen molar-refractivity contribution < 1.29 is 0 Å². The van der Waals surface area contributed by atoms with Crippen LogP contribution in [0.15, 0.2) is 54.7 Å². The van der Waals surface area contributed by atoms with Crippen molar-refractivity contribution in [3.8, 4) is 6.07 Å². The Balaban J connectivity index is 1.92. The van der Waals surface area contributed by atoms with Gasteiger partial charge in [0.05, 0.1) is 11.6 Å². The summed E-state index contributed by atoms with van der Waals surface area (Å²) in [5.74, 6) is 0. The minimum Gasteiger partial charge on any atom is -0.343 e. The van der Waals surface area contributed by atoms with Gasteiger partial charge >= 0.3 is 0 Å². The minimum absolute atomic E-state index is 0.701. The predicted molar refractivity (Wildman–Crippen MR) is 85.0 cm³/mol. The average Bonchev–Trinajstić information content (AvgIpc) is 2.91. The van der Waals surface area contributed by atoms with Gasteiger partial charge in [0.2, 0.25) is 0 Å². The van der Waals surface area contributed by atoms with Gasteiger partial charge in [0, 0.05) is 24.8 Å². The van der Waals surface area contributed by atoms with Crippen molar-refractivity contribution in [3.63, 3.8) is 0 Å². The molecule has 0 amide bonds. The van der Waals surface area contributed by atoms with Crippen molar-refractivity contribution in [3.05, 3.63) is 71.4 Å². The van der Waals surface area contributed by atoms with E-state index in [2.05, 4.69) is 46.4 Å². The van der Waals surface area contributed by atoms with Gasteiger partial charge in [0.25, 0.3) is 0 Å². The second kappa shape index (κ2) is 5.82. The van der Waals surface area contributed by atoms with Crippen LogP contribution in [0.5, 0.6) is 0 Å². The van der Waals surface area contributed by atoms with E-state index in [4.69, 9.17) is 5.26 Å². The van der Waals surface area contributed by atoms with Gasteiger partial charge in [-0.05, 0) is 47.8 Å². The van der Waals surface area contributed by atoms with E-state index < -0.39 is 0 Å². The van der Waals surface area contributed by atoms with Crippen LogP contribution >= 0.6 is 0 Å². The van der Waals surface area contributed by atoms with Gasteiger partial charge in [-0.2, -0.15) is 5.26 Å². The van der Waals surface area contributed by atoms with Gasteiger partial charge in [-0.3, -0.25) is 0 Å². The van der Waals surface area contributed by atoms with E-state index >= 15 is 0 Å². The Bertz CT molecular complexity index is 791.